The zero-order valence-electron chi connectivity index (χ0n) is 14.2. The van der Waals surface area contributed by atoms with Crippen molar-refractivity contribution in [2.75, 3.05) is 19.0 Å². The molecule has 130 valence electrons. The number of methoxy groups -OCH3 is 1. The molecular weight excluding hydrogens is 330 g/mol. The van der Waals surface area contributed by atoms with Crippen LogP contribution in [0.5, 0.6) is 11.5 Å². The summed E-state index contributed by atoms with van der Waals surface area (Å²) in [6.07, 6.45) is 4.33. The highest BCUT2D eigenvalue weighted by atomic mass is 16.5. The van der Waals surface area contributed by atoms with E-state index in [1.165, 1.54) is 0 Å². The molecule has 3 aromatic rings. The Bertz CT molecular complexity index is 1070. The van der Waals surface area contributed by atoms with Crippen molar-refractivity contribution in [3.8, 4) is 11.5 Å². The van der Waals surface area contributed by atoms with Gasteiger partial charge in [-0.15, -0.1) is 0 Å². The van der Waals surface area contributed by atoms with E-state index in [2.05, 4.69) is 27.7 Å². The first-order chi connectivity index (χ1) is 12.7. The number of amides is 1. The lowest BCUT2D eigenvalue weighted by atomic mass is 9.82. The first-order valence-corrected chi connectivity index (χ1v) is 8.50. The number of fused-ring (bicyclic) bond motifs is 3. The molecule has 0 aliphatic carbocycles. The standard InChI is InChI=1S/C20H17N3O3/c1-25-18-4-2-3-11-5-13(10-26-20(11)18)14-7-19(24)22-17-8-16-12(6-15(14)17)9-21-23-16/h2-6,8-9,14H,7,10H2,1H3,(H,21,23)(H,22,24)/t14-/m0/s1. The van der Waals surface area contributed by atoms with Crippen molar-refractivity contribution in [1.29, 1.82) is 0 Å². The van der Waals surface area contributed by atoms with Crippen molar-refractivity contribution in [2.45, 2.75) is 12.3 Å². The Labute approximate surface area is 149 Å². The number of H-pyrrole nitrogens is 1. The first-order valence-electron chi connectivity index (χ1n) is 8.50. The molecule has 0 radical (unpaired) electrons. The molecule has 2 aliphatic rings. The van der Waals surface area contributed by atoms with E-state index in [0.717, 1.165) is 44.8 Å². The minimum absolute atomic E-state index is 0.0127. The average molecular weight is 347 g/mol. The molecule has 6 heteroatoms. The van der Waals surface area contributed by atoms with Gasteiger partial charge < -0.3 is 14.8 Å². The largest absolute Gasteiger partial charge is 0.493 e. The van der Waals surface area contributed by atoms with Gasteiger partial charge >= 0.3 is 0 Å². The number of hydrogen-bond acceptors (Lipinski definition) is 4. The molecule has 0 fully saturated rings. The quantitative estimate of drug-likeness (QED) is 0.744. The smallest absolute Gasteiger partial charge is 0.225 e. The lowest BCUT2D eigenvalue weighted by molar-refractivity contribution is -0.116. The summed E-state index contributed by atoms with van der Waals surface area (Å²) in [5, 5.41) is 11.0. The number of anilines is 1. The molecule has 1 atom stereocenters. The summed E-state index contributed by atoms with van der Waals surface area (Å²) in [4.78, 5) is 12.3. The van der Waals surface area contributed by atoms with Crippen LogP contribution < -0.4 is 14.8 Å². The van der Waals surface area contributed by atoms with Crippen molar-refractivity contribution in [2.24, 2.45) is 0 Å². The third-order valence-electron chi connectivity index (χ3n) is 5.05. The highest BCUT2D eigenvalue weighted by molar-refractivity contribution is 5.98. The molecule has 2 N–H and O–H groups in total. The van der Waals surface area contributed by atoms with Crippen LogP contribution in [0, 0.1) is 0 Å². The zero-order chi connectivity index (χ0) is 17.7. The lowest BCUT2D eigenvalue weighted by Crippen LogP contribution is -2.26. The predicted octanol–water partition coefficient (Wildman–Crippen LogP) is 3.47. The second-order valence-corrected chi connectivity index (χ2v) is 6.59. The van der Waals surface area contributed by atoms with Gasteiger partial charge in [0.15, 0.2) is 11.5 Å². The van der Waals surface area contributed by atoms with Crippen LogP contribution in [0.25, 0.3) is 17.0 Å². The molecule has 2 aliphatic heterocycles. The van der Waals surface area contributed by atoms with Gasteiger partial charge in [0.25, 0.3) is 0 Å². The molecule has 1 amide bonds. The summed E-state index contributed by atoms with van der Waals surface area (Å²) in [5.74, 6) is 1.47. The van der Waals surface area contributed by atoms with Gasteiger partial charge in [-0.25, -0.2) is 0 Å². The molecule has 5 rings (SSSR count). The van der Waals surface area contributed by atoms with Crippen LogP contribution in [0.15, 0.2) is 42.1 Å². The molecule has 26 heavy (non-hydrogen) atoms. The summed E-state index contributed by atoms with van der Waals surface area (Å²) in [6.45, 7) is 0.439. The van der Waals surface area contributed by atoms with E-state index in [-0.39, 0.29) is 11.8 Å². The van der Waals surface area contributed by atoms with Crippen molar-refractivity contribution in [3.05, 3.63) is 53.2 Å². The predicted molar refractivity (Wildman–Crippen MR) is 98.5 cm³/mol. The molecule has 6 nitrogen and oxygen atoms in total. The Kier molecular flexibility index (Phi) is 3.25. The molecule has 2 aromatic carbocycles. The number of nitrogens with one attached hydrogen (secondary N) is 2. The van der Waals surface area contributed by atoms with E-state index in [9.17, 15) is 4.79 Å². The third-order valence-corrected chi connectivity index (χ3v) is 5.05. The molecule has 1 aromatic heterocycles. The molecule has 0 unspecified atom stereocenters. The van der Waals surface area contributed by atoms with Gasteiger partial charge in [0.1, 0.15) is 6.61 Å². The topological polar surface area (TPSA) is 76.2 Å². The Morgan fingerprint density at radius 2 is 2.23 bits per heavy atom. The second-order valence-electron chi connectivity index (χ2n) is 6.59. The van der Waals surface area contributed by atoms with E-state index >= 15 is 0 Å². The van der Waals surface area contributed by atoms with Crippen molar-refractivity contribution >= 4 is 28.6 Å². The van der Waals surface area contributed by atoms with Crippen LogP contribution in [0.2, 0.25) is 0 Å². The average Bonchev–Trinajstić information content (AvgIpc) is 3.12. The van der Waals surface area contributed by atoms with E-state index in [0.29, 0.717) is 13.0 Å². The number of aromatic nitrogens is 2. The summed E-state index contributed by atoms with van der Waals surface area (Å²) >= 11 is 0. The first kappa shape index (κ1) is 15.0. The number of aromatic amines is 1. The van der Waals surface area contributed by atoms with E-state index in [1.54, 1.807) is 13.3 Å². The third kappa shape index (κ3) is 2.26. The van der Waals surface area contributed by atoms with Crippen LogP contribution in [0.3, 0.4) is 0 Å². The fourth-order valence-corrected chi connectivity index (χ4v) is 3.79. The van der Waals surface area contributed by atoms with E-state index in [4.69, 9.17) is 9.47 Å². The fourth-order valence-electron chi connectivity index (χ4n) is 3.79. The number of carbonyl (C=O) groups is 1. The van der Waals surface area contributed by atoms with Crippen LogP contribution >= 0.6 is 0 Å². The van der Waals surface area contributed by atoms with Crippen molar-refractivity contribution < 1.29 is 14.3 Å². The number of carbonyl (C=O) groups excluding carboxylic acids is 1. The lowest BCUT2D eigenvalue weighted by Gasteiger charge is -2.30. The van der Waals surface area contributed by atoms with E-state index < -0.39 is 0 Å². The number of benzene rings is 2. The number of ether oxygens (including phenoxy) is 2. The summed E-state index contributed by atoms with van der Waals surface area (Å²) in [7, 11) is 1.64. The Morgan fingerprint density at radius 1 is 1.31 bits per heavy atom. The van der Waals surface area contributed by atoms with Crippen LogP contribution in [0.1, 0.15) is 23.5 Å². The molecular formula is C20H17N3O3. The second kappa shape index (κ2) is 5.62. The number of hydrogen-bond donors (Lipinski definition) is 2. The highest BCUT2D eigenvalue weighted by Crippen LogP contribution is 2.43. The highest BCUT2D eigenvalue weighted by Gasteiger charge is 2.31. The van der Waals surface area contributed by atoms with Gasteiger partial charge in [-0.3, -0.25) is 9.89 Å². The maximum absolute atomic E-state index is 12.3. The molecule has 0 saturated carbocycles. The Balaban J connectivity index is 1.62. The number of nitrogens with zero attached hydrogens (tertiary/aromatic N) is 1. The summed E-state index contributed by atoms with van der Waals surface area (Å²) in [6, 6.07) is 9.87. The van der Waals surface area contributed by atoms with Gasteiger partial charge in [0.2, 0.25) is 5.91 Å². The molecule has 3 heterocycles. The maximum Gasteiger partial charge on any atom is 0.225 e. The summed E-state index contributed by atoms with van der Waals surface area (Å²) < 4.78 is 11.4. The maximum atomic E-state index is 12.3. The van der Waals surface area contributed by atoms with Gasteiger partial charge in [-0.05, 0) is 35.4 Å². The van der Waals surface area contributed by atoms with Gasteiger partial charge in [-0.2, -0.15) is 5.10 Å². The number of para-hydroxylation sites is 1. The summed E-state index contributed by atoms with van der Waals surface area (Å²) in [5.41, 5.74) is 4.90. The minimum Gasteiger partial charge on any atom is -0.493 e. The zero-order valence-corrected chi connectivity index (χ0v) is 14.2. The van der Waals surface area contributed by atoms with E-state index in [1.807, 2.05) is 24.3 Å². The van der Waals surface area contributed by atoms with Gasteiger partial charge in [0, 0.05) is 29.0 Å². The minimum atomic E-state index is -0.0163. The van der Waals surface area contributed by atoms with Crippen LogP contribution in [0.4, 0.5) is 5.69 Å². The van der Waals surface area contributed by atoms with Crippen molar-refractivity contribution in [3.63, 3.8) is 0 Å². The van der Waals surface area contributed by atoms with Gasteiger partial charge in [0.05, 0.1) is 18.8 Å². The molecule has 0 bridgehead atoms. The number of rotatable bonds is 2. The van der Waals surface area contributed by atoms with Crippen LogP contribution in [-0.4, -0.2) is 29.8 Å². The SMILES string of the molecule is COc1cccc2c1OCC([C@@H]1CC(=O)Nc3cc4[nH]ncc4cc31)=C2. The molecule has 0 saturated heterocycles. The normalized spacial score (nSPS) is 18.4. The molecule has 0 spiro atoms. The monoisotopic (exact) mass is 347 g/mol. The Morgan fingerprint density at radius 3 is 3.12 bits per heavy atom. The Hall–Kier alpha value is -3.28. The van der Waals surface area contributed by atoms with Crippen molar-refractivity contribution in [1.82, 2.24) is 10.2 Å². The van der Waals surface area contributed by atoms with Crippen LogP contribution in [-0.2, 0) is 4.79 Å². The fraction of sp³-hybridized carbons (Fsp3) is 0.200. The van der Waals surface area contributed by atoms with Gasteiger partial charge in [-0.1, -0.05) is 12.1 Å².